The number of carbonyl (C=O) groups excluding carboxylic acids is 1. The largest absolute Gasteiger partial charge is 0.324 e. The van der Waals surface area contributed by atoms with Crippen molar-refractivity contribution in [3.05, 3.63) is 58.6 Å². The van der Waals surface area contributed by atoms with Gasteiger partial charge in [-0.25, -0.2) is 8.42 Å². The number of benzene rings is 2. The van der Waals surface area contributed by atoms with E-state index in [0.717, 1.165) is 29.7 Å². The molecule has 27 heavy (non-hydrogen) atoms. The van der Waals surface area contributed by atoms with Crippen molar-refractivity contribution >= 4 is 33.2 Å². The Morgan fingerprint density at radius 3 is 2.52 bits per heavy atom. The van der Waals surface area contributed by atoms with Crippen LogP contribution in [0.15, 0.2) is 47.4 Å². The third-order valence-corrected chi connectivity index (χ3v) is 7.00. The summed E-state index contributed by atoms with van der Waals surface area (Å²) in [6, 6.07) is 11.1. The fourth-order valence-corrected chi connectivity index (χ4v) is 5.07. The molecule has 0 aliphatic carbocycles. The molecule has 1 saturated heterocycles. The maximum absolute atomic E-state index is 13.1. The normalized spacial score (nSPS) is 18.3. The maximum Gasteiger partial charge on any atom is 0.243 e. The summed E-state index contributed by atoms with van der Waals surface area (Å²) in [5.41, 5.74) is 2.69. The number of hydrogen-bond donors (Lipinski definition) is 1. The van der Waals surface area contributed by atoms with Crippen LogP contribution in [0.3, 0.4) is 0 Å². The summed E-state index contributed by atoms with van der Waals surface area (Å²) in [7, 11) is -3.77. The molecule has 1 heterocycles. The van der Waals surface area contributed by atoms with E-state index in [-0.39, 0.29) is 10.8 Å². The van der Waals surface area contributed by atoms with Gasteiger partial charge in [0.1, 0.15) is 6.04 Å². The summed E-state index contributed by atoms with van der Waals surface area (Å²) in [6.07, 6.45) is 2.06. The molecule has 1 aliphatic heterocycles. The van der Waals surface area contributed by atoms with Crippen LogP contribution in [0.1, 0.15) is 30.4 Å². The lowest BCUT2D eigenvalue weighted by Crippen LogP contribution is -2.49. The predicted octanol–water partition coefficient (Wildman–Crippen LogP) is 4.14. The van der Waals surface area contributed by atoms with Gasteiger partial charge in [-0.2, -0.15) is 4.31 Å². The van der Waals surface area contributed by atoms with Crippen molar-refractivity contribution in [2.75, 3.05) is 11.9 Å². The number of halogens is 1. The van der Waals surface area contributed by atoms with Crippen LogP contribution in [0.2, 0.25) is 5.02 Å². The minimum atomic E-state index is -3.77. The van der Waals surface area contributed by atoms with Crippen molar-refractivity contribution in [1.82, 2.24) is 4.31 Å². The Bertz CT molecular complexity index is 942. The Kier molecular flexibility index (Phi) is 5.89. The molecule has 3 rings (SSSR count). The molecule has 0 saturated carbocycles. The summed E-state index contributed by atoms with van der Waals surface area (Å²) >= 11 is 5.87. The van der Waals surface area contributed by atoms with E-state index in [4.69, 9.17) is 11.6 Å². The molecule has 0 bridgehead atoms. The Morgan fingerprint density at radius 2 is 1.81 bits per heavy atom. The Balaban J connectivity index is 1.87. The van der Waals surface area contributed by atoms with Crippen LogP contribution in [0.5, 0.6) is 0 Å². The van der Waals surface area contributed by atoms with Crippen molar-refractivity contribution < 1.29 is 13.2 Å². The zero-order valence-electron chi connectivity index (χ0n) is 15.4. The first-order valence-electron chi connectivity index (χ1n) is 8.94. The monoisotopic (exact) mass is 406 g/mol. The Hall–Kier alpha value is -1.89. The van der Waals surface area contributed by atoms with Gasteiger partial charge in [0.25, 0.3) is 0 Å². The van der Waals surface area contributed by atoms with E-state index in [1.165, 1.54) is 16.4 Å². The van der Waals surface area contributed by atoms with Crippen LogP contribution in [-0.2, 0) is 14.8 Å². The maximum atomic E-state index is 13.1. The molecule has 1 unspecified atom stereocenters. The first-order valence-corrected chi connectivity index (χ1v) is 10.8. The molecular formula is C20H23ClN2O3S. The number of aryl methyl sites for hydroxylation is 2. The fraction of sp³-hybridized carbons (Fsp3) is 0.350. The molecule has 2 aromatic carbocycles. The number of amides is 1. The standard InChI is InChI=1S/C20H23ClN2O3S/c1-14-6-7-15(2)18(13-14)22-20(24)19-5-3-4-12-23(19)27(25,26)17-10-8-16(21)9-11-17/h6-11,13,19H,3-5,12H2,1-2H3,(H,22,24). The number of carbonyl (C=O) groups is 1. The summed E-state index contributed by atoms with van der Waals surface area (Å²) in [4.78, 5) is 13.1. The van der Waals surface area contributed by atoms with Crippen molar-refractivity contribution in [2.45, 2.75) is 44.0 Å². The second-order valence-electron chi connectivity index (χ2n) is 6.89. The molecule has 1 N–H and O–H groups in total. The molecule has 144 valence electrons. The summed E-state index contributed by atoms with van der Waals surface area (Å²) < 4.78 is 27.5. The van der Waals surface area contributed by atoms with E-state index in [2.05, 4.69) is 5.32 Å². The van der Waals surface area contributed by atoms with Crippen LogP contribution in [0, 0.1) is 13.8 Å². The van der Waals surface area contributed by atoms with Gasteiger partial charge in [-0.15, -0.1) is 0 Å². The second-order valence-corrected chi connectivity index (χ2v) is 9.22. The lowest BCUT2D eigenvalue weighted by Gasteiger charge is -2.33. The van der Waals surface area contributed by atoms with Crippen molar-refractivity contribution in [1.29, 1.82) is 0 Å². The molecule has 0 radical (unpaired) electrons. The average Bonchev–Trinajstić information content (AvgIpc) is 2.65. The first kappa shape index (κ1) is 19.9. The van der Waals surface area contributed by atoms with Crippen molar-refractivity contribution in [3.63, 3.8) is 0 Å². The summed E-state index contributed by atoms with van der Waals surface area (Å²) in [6.45, 7) is 4.20. The molecule has 1 atom stereocenters. The number of rotatable bonds is 4. The number of hydrogen-bond acceptors (Lipinski definition) is 3. The highest BCUT2D eigenvalue weighted by atomic mass is 35.5. The second kappa shape index (κ2) is 8.00. The van der Waals surface area contributed by atoms with Crippen molar-refractivity contribution in [2.24, 2.45) is 0 Å². The van der Waals surface area contributed by atoms with Gasteiger partial charge in [-0.05, 0) is 68.1 Å². The lowest BCUT2D eigenvalue weighted by atomic mass is 10.0. The molecule has 7 heteroatoms. The highest BCUT2D eigenvalue weighted by molar-refractivity contribution is 7.89. The molecular weight excluding hydrogens is 384 g/mol. The predicted molar refractivity (Wildman–Crippen MR) is 108 cm³/mol. The summed E-state index contributed by atoms with van der Waals surface area (Å²) in [5, 5.41) is 3.39. The van der Waals surface area contributed by atoms with Gasteiger partial charge in [0.05, 0.1) is 4.90 Å². The van der Waals surface area contributed by atoms with E-state index in [1.54, 1.807) is 12.1 Å². The van der Waals surface area contributed by atoms with Gasteiger partial charge in [0, 0.05) is 17.3 Å². The first-order chi connectivity index (χ1) is 12.8. The highest BCUT2D eigenvalue weighted by Gasteiger charge is 2.37. The Labute approximate surface area is 165 Å². The van der Waals surface area contributed by atoms with Crippen LogP contribution in [0.4, 0.5) is 5.69 Å². The lowest BCUT2D eigenvalue weighted by molar-refractivity contribution is -0.120. The van der Waals surface area contributed by atoms with E-state index < -0.39 is 16.1 Å². The SMILES string of the molecule is Cc1ccc(C)c(NC(=O)C2CCCCN2S(=O)(=O)c2ccc(Cl)cc2)c1. The number of nitrogens with one attached hydrogen (secondary N) is 1. The topological polar surface area (TPSA) is 66.5 Å². The molecule has 5 nitrogen and oxygen atoms in total. The smallest absolute Gasteiger partial charge is 0.243 e. The van der Waals surface area contributed by atoms with Crippen LogP contribution >= 0.6 is 11.6 Å². The van der Waals surface area contributed by atoms with Gasteiger partial charge < -0.3 is 5.32 Å². The van der Waals surface area contributed by atoms with Gasteiger partial charge in [-0.3, -0.25) is 4.79 Å². The van der Waals surface area contributed by atoms with E-state index in [0.29, 0.717) is 18.0 Å². The molecule has 1 fully saturated rings. The van der Waals surface area contributed by atoms with Gasteiger partial charge >= 0.3 is 0 Å². The van der Waals surface area contributed by atoms with Crippen LogP contribution in [0.25, 0.3) is 0 Å². The molecule has 0 spiro atoms. The van der Waals surface area contributed by atoms with E-state index >= 15 is 0 Å². The minimum absolute atomic E-state index is 0.151. The quantitative estimate of drug-likeness (QED) is 0.829. The number of nitrogens with zero attached hydrogens (tertiary/aromatic N) is 1. The molecule has 1 amide bonds. The van der Waals surface area contributed by atoms with Crippen molar-refractivity contribution in [3.8, 4) is 0 Å². The van der Waals surface area contributed by atoms with Gasteiger partial charge in [0.15, 0.2) is 0 Å². The minimum Gasteiger partial charge on any atom is -0.324 e. The average molecular weight is 407 g/mol. The number of piperidine rings is 1. The Morgan fingerprint density at radius 1 is 1.11 bits per heavy atom. The third kappa shape index (κ3) is 4.34. The van der Waals surface area contributed by atoms with Crippen LogP contribution in [-0.4, -0.2) is 31.2 Å². The van der Waals surface area contributed by atoms with E-state index in [1.807, 2.05) is 32.0 Å². The fourth-order valence-electron chi connectivity index (χ4n) is 3.28. The number of sulfonamides is 1. The molecule has 1 aliphatic rings. The molecule has 0 aromatic heterocycles. The molecule has 2 aromatic rings. The highest BCUT2D eigenvalue weighted by Crippen LogP contribution is 2.27. The van der Waals surface area contributed by atoms with E-state index in [9.17, 15) is 13.2 Å². The van der Waals surface area contributed by atoms with Gasteiger partial charge in [0.2, 0.25) is 15.9 Å². The zero-order valence-corrected chi connectivity index (χ0v) is 17.0. The van der Waals surface area contributed by atoms with Gasteiger partial charge in [-0.1, -0.05) is 30.2 Å². The zero-order chi connectivity index (χ0) is 19.6. The van der Waals surface area contributed by atoms with Crippen LogP contribution < -0.4 is 5.32 Å². The summed E-state index contributed by atoms with van der Waals surface area (Å²) in [5.74, 6) is -0.291. The third-order valence-electron chi connectivity index (χ3n) is 4.83. The number of anilines is 1.